The number of rotatable bonds is 5. The molecule has 5 nitrogen and oxygen atoms in total. The van der Waals surface area contributed by atoms with E-state index in [4.69, 9.17) is 9.47 Å². The molecular weight excluding hydrogens is 292 g/mol. The molecule has 2 fully saturated rings. The molecule has 0 radical (unpaired) electrons. The number of amides is 1. The fraction of sp³-hybridized carbons (Fsp3) is 0.611. The number of carbonyl (C=O) groups is 1. The van der Waals surface area contributed by atoms with Crippen LogP contribution in [0.3, 0.4) is 0 Å². The highest BCUT2D eigenvalue weighted by atomic mass is 16.5. The third-order valence-electron chi connectivity index (χ3n) is 4.68. The number of benzene rings is 1. The van der Waals surface area contributed by atoms with Gasteiger partial charge in [0.1, 0.15) is 12.4 Å². The Morgan fingerprint density at radius 2 is 2.17 bits per heavy atom. The van der Waals surface area contributed by atoms with E-state index in [1.54, 1.807) is 0 Å². The molecule has 3 rings (SSSR count). The van der Waals surface area contributed by atoms with Crippen LogP contribution in [0, 0.1) is 5.92 Å². The van der Waals surface area contributed by atoms with Crippen molar-refractivity contribution in [3.63, 3.8) is 0 Å². The molecule has 0 aliphatic carbocycles. The predicted octanol–water partition coefficient (Wildman–Crippen LogP) is 1.97. The second kappa shape index (κ2) is 7.79. The molecule has 3 unspecified atom stereocenters. The normalized spacial score (nSPS) is 27.6. The van der Waals surface area contributed by atoms with Crippen LogP contribution in [0.15, 0.2) is 24.3 Å². The highest BCUT2D eigenvalue weighted by Gasteiger charge is 2.23. The lowest BCUT2D eigenvalue weighted by atomic mass is 9.95. The van der Waals surface area contributed by atoms with Gasteiger partial charge < -0.3 is 20.1 Å². The van der Waals surface area contributed by atoms with Gasteiger partial charge in [-0.3, -0.25) is 4.79 Å². The molecule has 0 spiro atoms. The van der Waals surface area contributed by atoms with E-state index in [0.29, 0.717) is 18.1 Å². The summed E-state index contributed by atoms with van der Waals surface area (Å²) >= 11 is 0. The van der Waals surface area contributed by atoms with E-state index in [-0.39, 0.29) is 18.1 Å². The van der Waals surface area contributed by atoms with Crippen LogP contribution in [-0.4, -0.2) is 44.4 Å². The van der Waals surface area contributed by atoms with Crippen molar-refractivity contribution in [2.75, 3.05) is 26.3 Å². The fourth-order valence-electron chi connectivity index (χ4n) is 3.15. The standard InChI is InChI=1S/C18H26N2O3/c1-13-11-19-9-8-17(13)20-18(21)14-4-6-15(7-5-14)23-12-16-3-2-10-22-16/h4-7,13,16-17,19H,2-3,8-12H2,1H3,(H,20,21). The lowest BCUT2D eigenvalue weighted by Crippen LogP contribution is -2.48. The van der Waals surface area contributed by atoms with Crippen LogP contribution in [0.25, 0.3) is 0 Å². The molecule has 1 amide bonds. The van der Waals surface area contributed by atoms with Gasteiger partial charge in [0.25, 0.3) is 5.91 Å². The van der Waals surface area contributed by atoms with Crippen LogP contribution >= 0.6 is 0 Å². The van der Waals surface area contributed by atoms with E-state index in [1.165, 1.54) is 0 Å². The summed E-state index contributed by atoms with van der Waals surface area (Å²) in [5.74, 6) is 1.24. The maximum Gasteiger partial charge on any atom is 0.251 e. The lowest BCUT2D eigenvalue weighted by molar-refractivity contribution is 0.0679. The Kier molecular flexibility index (Phi) is 5.51. The smallest absolute Gasteiger partial charge is 0.251 e. The molecule has 1 aromatic carbocycles. The van der Waals surface area contributed by atoms with E-state index in [0.717, 1.165) is 44.7 Å². The van der Waals surface area contributed by atoms with Gasteiger partial charge in [-0.1, -0.05) is 6.92 Å². The third-order valence-corrected chi connectivity index (χ3v) is 4.68. The summed E-state index contributed by atoms with van der Waals surface area (Å²) in [6.07, 6.45) is 3.37. The maximum absolute atomic E-state index is 12.3. The average Bonchev–Trinajstić information content (AvgIpc) is 3.09. The average molecular weight is 318 g/mol. The molecule has 0 bridgehead atoms. The van der Waals surface area contributed by atoms with Crippen molar-refractivity contribution < 1.29 is 14.3 Å². The number of hydrogen-bond donors (Lipinski definition) is 2. The number of ether oxygens (including phenoxy) is 2. The van der Waals surface area contributed by atoms with E-state index < -0.39 is 0 Å². The molecule has 2 N–H and O–H groups in total. The zero-order valence-electron chi connectivity index (χ0n) is 13.7. The molecule has 3 atom stereocenters. The van der Waals surface area contributed by atoms with Crippen molar-refractivity contribution in [1.29, 1.82) is 0 Å². The number of piperidine rings is 1. The molecule has 23 heavy (non-hydrogen) atoms. The minimum atomic E-state index is -0.00516. The minimum Gasteiger partial charge on any atom is -0.491 e. The van der Waals surface area contributed by atoms with Gasteiger partial charge in [-0.25, -0.2) is 0 Å². The summed E-state index contributed by atoms with van der Waals surface area (Å²) in [4.78, 5) is 12.3. The largest absolute Gasteiger partial charge is 0.491 e. The van der Waals surface area contributed by atoms with Crippen LogP contribution < -0.4 is 15.4 Å². The van der Waals surface area contributed by atoms with E-state index in [9.17, 15) is 4.79 Å². The Balaban J connectivity index is 1.50. The molecule has 2 aliphatic rings. The summed E-state index contributed by atoms with van der Waals surface area (Å²) in [5, 5.41) is 6.49. The first kappa shape index (κ1) is 16.3. The number of hydrogen-bond acceptors (Lipinski definition) is 4. The van der Waals surface area contributed by atoms with Crippen molar-refractivity contribution in [1.82, 2.24) is 10.6 Å². The van der Waals surface area contributed by atoms with Crippen LogP contribution in [-0.2, 0) is 4.74 Å². The lowest BCUT2D eigenvalue weighted by Gasteiger charge is -2.30. The summed E-state index contributed by atoms with van der Waals surface area (Å²) < 4.78 is 11.3. The predicted molar refractivity (Wildman–Crippen MR) is 88.8 cm³/mol. The van der Waals surface area contributed by atoms with Crippen molar-refractivity contribution in [2.45, 2.75) is 38.3 Å². The third kappa shape index (κ3) is 4.45. The zero-order chi connectivity index (χ0) is 16.1. The van der Waals surface area contributed by atoms with Crippen molar-refractivity contribution in [3.8, 4) is 5.75 Å². The van der Waals surface area contributed by atoms with E-state index in [1.807, 2.05) is 24.3 Å². The Labute approximate surface area is 137 Å². The molecule has 1 aromatic rings. The molecule has 126 valence electrons. The molecule has 0 saturated carbocycles. The minimum absolute atomic E-state index is 0.00516. The van der Waals surface area contributed by atoms with Gasteiger partial charge in [-0.05, 0) is 62.5 Å². The Bertz CT molecular complexity index is 512. The quantitative estimate of drug-likeness (QED) is 0.871. The molecule has 2 aliphatic heterocycles. The summed E-state index contributed by atoms with van der Waals surface area (Å²) in [7, 11) is 0. The molecule has 2 heterocycles. The monoisotopic (exact) mass is 318 g/mol. The second-order valence-corrected chi connectivity index (χ2v) is 6.52. The first-order chi connectivity index (χ1) is 11.2. The topological polar surface area (TPSA) is 59.6 Å². The van der Waals surface area contributed by atoms with Crippen LogP contribution in [0.1, 0.15) is 36.5 Å². The molecule has 2 saturated heterocycles. The van der Waals surface area contributed by atoms with Gasteiger partial charge in [-0.15, -0.1) is 0 Å². The van der Waals surface area contributed by atoms with E-state index >= 15 is 0 Å². The number of nitrogens with one attached hydrogen (secondary N) is 2. The molecular formula is C18H26N2O3. The highest BCUT2D eigenvalue weighted by molar-refractivity contribution is 5.94. The molecule has 5 heteroatoms. The SMILES string of the molecule is CC1CNCCC1NC(=O)c1ccc(OCC2CCCO2)cc1. The zero-order valence-corrected chi connectivity index (χ0v) is 13.7. The van der Waals surface area contributed by atoms with Gasteiger partial charge in [0.2, 0.25) is 0 Å². The summed E-state index contributed by atoms with van der Waals surface area (Å²) in [5.41, 5.74) is 0.681. The van der Waals surface area contributed by atoms with Crippen LogP contribution in [0.5, 0.6) is 5.75 Å². The number of carbonyl (C=O) groups excluding carboxylic acids is 1. The van der Waals surface area contributed by atoms with Crippen LogP contribution in [0.4, 0.5) is 0 Å². The van der Waals surface area contributed by atoms with Crippen LogP contribution in [0.2, 0.25) is 0 Å². The van der Waals surface area contributed by atoms with Crippen molar-refractivity contribution in [3.05, 3.63) is 29.8 Å². The Morgan fingerprint density at radius 3 is 2.87 bits per heavy atom. The second-order valence-electron chi connectivity index (χ2n) is 6.52. The van der Waals surface area contributed by atoms with Gasteiger partial charge in [0.15, 0.2) is 0 Å². The van der Waals surface area contributed by atoms with Gasteiger partial charge >= 0.3 is 0 Å². The molecule has 0 aromatic heterocycles. The first-order valence-electron chi connectivity index (χ1n) is 8.58. The first-order valence-corrected chi connectivity index (χ1v) is 8.58. The van der Waals surface area contributed by atoms with Gasteiger partial charge in [-0.2, -0.15) is 0 Å². The summed E-state index contributed by atoms with van der Waals surface area (Å²) in [6, 6.07) is 7.61. The van der Waals surface area contributed by atoms with Crippen molar-refractivity contribution in [2.24, 2.45) is 5.92 Å². The van der Waals surface area contributed by atoms with E-state index in [2.05, 4.69) is 17.6 Å². The maximum atomic E-state index is 12.3. The highest BCUT2D eigenvalue weighted by Crippen LogP contribution is 2.17. The Hall–Kier alpha value is -1.59. The van der Waals surface area contributed by atoms with Gasteiger partial charge in [0.05, 0.1) is 6.10 Å². The van der Waals surface area contributed by atoms with Crippen molar-refractivity contribution >= 4 is 5.91 Å². The fourth-order valence-corrected chi connectivity index (χ4v) is 3.15. The van der Waals surface area contributed by atoms with Gasteiger partial charge in [0, 0.05) is 18.2 Å². The summed E-state index contributed by atoms with van der Waals surface area (Å²) in [6.45, 7) is 5.51. The Morgan fingerprint density at radius 1 is 1.35 bits per heavy atom.